The van der Waals surface area contributed by atoms with E-state index >= 15 is 0 Å². The molecule has 0 spiro atoms. The Morgan fingerprint density at radius 3 is 2.65 bits per heavy atom. The van der Waals surface area contributed by atoms with Crippen molar-refractivity contribution in [2.24, 2.45) is 0 Å². The lowest BCUT2D eigenvalue weighted by atomic mass is 10.1. The Morgan fingerprint density at radius 2 is 2.12 bits per heavy atom. The van der Waals surface area contributed by atoms with E-state index in [-0.39, 0.29) is 34.6 Å². The molecular formula is C18H21N3O4S. The van der Waals surface area contributed by atoms with E-state index in [1.165, 1.54) is 0 Å². The quantitative estimate of drug-likeness (QED) is 0.799. The smallest absolute Gasteiger partial charge is 0.259 e. The van der Waals surface area contributed by atoms with Crippen LogP contribution in [0.4, 0.5) is 0 Å². The third-order valence-corrected chi connectivity index (χ3v) is 6.36. The molecule has 0 N–H and O–H groups in total. The average Bonchev–Trinajstić information content (AvgIpc) is 3.30. The van der Waals surface area contributed by atoms with Crippen molar-refractivity contribution in [2.45, 2.75) is 32.7 Å². The van der Waals surface area contributed by atoms with Gasteiger partial charge in [-0.1, -0.05) is 6.92 Å². The van der Waals surface area contributed by atoms with Crippen LogP contribution in [0.2, 0.25) is 0 Å². The van der Waals surface area contributed by atoms with Crippen LogP contribution in [0.15, 0.2) is 28.9 Å². The van der Waals surface area contributed by atoms with Crippen LogP contribution < -0.4 is 0 Å². The zero-order chi connectivity index (χ0) is 18.9. The lowest BCUT2D eigenvalue weighted by Gasteiger charge is -2.27. The van der Waals surface area contributed by atoms with Crippen LogP contribution in [0.1, 0.15) is 41.4 Å². The van der Waals surface area contributed by atoms with Crippen molar-refractivity contribution in [3.05, 3.63) is 41.4 Å². The molecule has 7 nitrogen and oxygen atoms in total. The SMILES string of the molecule is CCCN(C(=O)c1c(C)oc(-n2cccc2)c1C#N)C1CCS(=O)(=O)C1. The molecule has 26 heavy (non-hydrogen) atoms. The molecule has 1 saturated heterocycles. The van der Waals surface area contributed by atoms with Gasteiger partial charge in [-0.3, -0.25) is 9.36 Å². The molecule has 0 bridgehead atoms. The molecular weight excluding hydrogens is 354 g/mol. The van der Waals surface area contributed by atoms with Crippen LogP contribution in [-0.4, -0.2) is 47.9 Å². The summed E-state index contributed by atoms with van der Waals surface area (Å²) in [6, 6.07) is 5.32. The number of amides is 1. The van der Waals surface area contributed by atoms with E-state index in [0.717, 1.165) is 0 Å². The molecule has 2 aromatic rings. The van der Waals surface area contributed by atoms with Gasteiger partial charge in [0.2, 0.25) is 5.88 Å². The second-order valence-electron chi connectivity index (χ2n) is 6.47. The Kier molecular flexibility index (Phi) is 4.92. The average molecular weight is 375 g/mol. The molecule has 1 fully saturated rings. The van der Waals surface area contributed by atoms with E-state index < -0.39 is 9.84 Å². The highest BCUT2D eigenvalue weighted by molar-refractivity contribution is 7.91. The van der Waals surface area contributed by atoms with E-state index in [1.807, 2.05) is 6.92 Å². The maximum absolute atomic E-state index is 13.2. The fourth-order valence-electron chi connectivity index (χ4n) is 3.40. The number of sulfone groups is 1. The summed E-state index contributed by atoms with van der Waals surface area (Å²) in [6.45, 7) is 4.02. The van der Waals surface area contributed by atoms with Crippen molar-refractivity contribution >= 4 is 15.7 Å². The summed E-state index contributed by atoms with van der Waals surface area (Å²) in [6.07, 6.45) is 4.60. The number of aryl methyl sites for hydroxylation is 1. The Labute approximate surface area is 152 Å². The molecule has 8 heteroatoms. The van der Waals surface area contributed by atoms with Gasteiger partial charge in [-0.05, 0) is 31.9 Å². The van der Waals surface area contributed by atoms with Crippen molar-refractivity contribution in [3.63, 3.8) is 0 Å². The topological polar surface area (TPSA) is 96.3 Å². The van der Waals surface area contributed by atoms with E-state index in [1.54, 1.807) is 40.9 Å². The second-order valence-corrected chi connectivity index (χ2v) is 8.70. The van der Waals surface area contributed by atoms with Crippen molar-refractivity contribution in [1.29, 1.82) is 5.26 Å². The van der Waals surface area contributed by atoms with Crippen molar-refractivity contribution < 1.29 is 17.6 Å². The normalized spacial score (nSPS) is 18.6. The minimum atomic E-state index is -3.12. The predicted molar refractivity (Wildman–Crippen MR) is 95.9 cm³/mol. The Balaban J connectivity index is 2.01. The highest BCUT2D eigenvalue weighted by atomic mass is 32.2. The minimum absolute atomic E-state index is 0.0258. The van der Waals surface area contributed by atoms with Crippen LogP contribution >= 0.6 is 0 Å². The number of carbonyl (C=O) groups is 1. The number of rotatable bonds is 5. The zero-order valence-electron chi connectivity index (χ0n) is 14.8. The van der Waals surface area contributed by atoms with Crippen LogP contribution in [-0.2, 0) is 9.84 Å². The van der Waals surface area contributed by atoms with E-state index in [4.69, 9.17) is 4.42 Å². The van der Waals surface area contributed by atoms with Crippen LogP contribution in [0.3, 0.4) is 0 Å². The van der Waals surface area contributed by atoms with E-state index in [2.05, 4.69) is 6.07 Å². The Morgan fingerprint density at radius 1 is 1.42 bits per heavy atom. The summed E-state index contributed by atoms with van der Waals surface area (Å²) in [7, 11) is -3.12. The van der Waals surface area contributed by atoms with Crippen molar-refractivity contribution in [1.82, 2.24) is 9.47 Å². The van der Waals surface area contributed by atoms with Crippen molar-refractivity contribution in [3.8, 4) is 12.0 Å². The van der Waals surface area contributed by atoms with Crippen LogP contribution in [0.5, 0.6) is 0 Å². The van der Waals surface area contributed by atoms with Gasteiger partial charge in [0.15, 0.2) is 9.84 Å². The lowest BCUT2D eigenvalue weighted by Crippen LogP contribution is -2.42. The largest absolute Gasteiger partial charge is 0.443 e. The summed E-state index contributed by atoms with van der Waals surface area (Å²) in [5.41, 5.74) is 0.389. The molecule has 138 valence electrons. The molecule has 3 rings (SSSR count). The molecule has 0 radical (unpaired) electrons. The summed E-state index contributed by atoms with van der Waals surface area (Å²) < 4.78 is 31.0. The van der Waals surface area contributed by atoms with Crippen LogP contribution in [0.25, 0.3) is 5.88 Å². The molecule has 2 aromatic heterocycles. The Bertz CT molecular complexity index is 951. The summed E-state index contributed by atoms with van der Waals surface area (Å²) in [5, 5.41) is 9.63. The van der Waals surface area contributed by atoms with Gasteiger partial charge < -0.3 is 9.32 Å². The molecule has 3 heterocycles. The predicted octanol–water partition coefficient (Wildman–Crippen LogP) is 2.29. The molecule has 1 aliphatic heterocycles. The maximum atomic E-state index is 13.2. The third-order valence-electron chi connectivity index (χ3n) is 4.60. The van der Waals surface area contributed by atoms with E-state index in [0.29, 0.717) is 31.0 Å². The summed E-state index contributed by atoms with van der Waals surface area (Å²) >= 11 is 0. The molecule has 1 amide bonds. The molecule has 0 aliphatic carbocycles. The van der Waals surface area contributed by atoms with Crippen LogP contribution in [0, 0.1) is 18.3 Å². The number of nitrogens with zero attached hydrogens (tertiary/aromatic N) is 3. The number of carbonyl (C=O) groups excluding carboxylic acids is 1. The number of aromatic nitrogens is 1. The maximum Gasteiger partial charge on any atom is 0.259 e. The minimum Gasteiger partial charge on any atom is -0.443 e. The zero-order valence-corrected chi connectivity index (χ0v) is 15.6. The first-order valence-electron chi connectivity index (χ1n) is 8.56. The monoisotopic (exact) mass is 375 g/mol. The number of hydrogen-bond donors (Lipinski definition) is 0. The molecule has 0 saturated carbocycles. The fourth-order valence-corrected chi connectivity index (χ4v) is 5.13. The van der Waals surface area contributed by atoms with Gasteiger partial charge in [-0.2, -0.15) is 5.26 Å². The highest BCUT2D eigenvalue weighted by Gasteiger charge is 2.37. The van der Waals surface area contributed by atoms with Gasteiger partial charge in [-0.15, -0.1) is 0 Å². The van der Waals surface area contributed by atoms with Gasteiger partial charge in [-0.25, -0.2) is 8.42 Å². The lowest BCUT2D eigenvalue weighted by molar-refractivity contribution is 0.0695. The second kappa shape index (κ2) is 7.00. The number of nitriles is 1. The third kappa shape index (κ3) is 3.27. The van der Waals surface area contributed by atoms with Crippen molar-refractivity contribution in [2.75, 3.05) is 18.1 Å². The number of furan rings is 1. The van der Waals surface area contributed by atoms with Gasteiger partial charge in [0.25, 0.3) is 5.91 Å². The first-order chi connectivity index (χ1) is 12.4. The van der Waals surface area contributed by atoms with Gasteiger partial charge in [0, 0.05) is 25.0 Å². The number of hydrogen-bond acceptors (Lipinski definition) is 5. The molecule has 1 atom stereocenters. The summed E-state index contributed by atoms with van der Waals surface area (Å²) in [5.74, 6) is 0.383. The summed E-state index contributed by atoms with van der Waals surface area (Å²) in [4.78, 5) is 14.8. The van der Waals surface area contributed by atoms with Gasteiger partial charge in [0.1, 0.15) is 23.0 Å². The van der Waals surface area contributed by atoms with Gasteiger partial charge in [0.05, 0.1) is 11.5 Å². The first-order valence-corrected chi connectivity index (χ1v) is 10.4. The molecule has 0 aromatic carbocycles. The fraction of sp³-hybridized carbons (Fsp3) is 0.444. The van der Waals surface area contributed by atoms with Gasteiger partial charge >= 0.3 is 0 Å². The Hall–Kier alpha value is -2.53. The first kappa shape index (κ1) is 18.3. The van der Waals surface area contributed by atoms with E-state index in [9.17, 15) is 18.5 Å². The molecule has 1 unspecified atom stereocenters. The highest BCUT2D eigenvalue weighted by Crippen LogP contribution is 2.29. The molecule has 1 aliphatic rings. The standard InChI is InChI=1S/C18H21N3O4S/c1-3-7-21(14-6-10-26(23,24)12-14)17(22)16-13(2)25-18(15(16)11-19)20-8-4-5-9-20/h4-5,8-9,14H,3,6-7,10,12H2,1-2H3.